The summed E-state index contributed by atoms with van der Waals surface area (Å²) in [6, 6.07) is 0. The van der Waals surface area contributed by atoms with E-state index in [2.05, 4.69) is 26.0 Å². The summed E-state index contributed by atoms with van der Waals surface area (Å²) in [5.74, 6) is 3.04. The van der Waals surface area contributed by atoms with Crippen LogP contribution in [0.4, 0.5) is 0 Å². The monoisotopic (exact) mass is 232 g/mol. The number of allylic oxidation sites excluding steroid dienone is 4. The number of aliphatic hydroxyl groups is 1. The molecular formula is C16H24O. The lowest BCUT2D eigenvalue weighted by Crippen LogP contribution is -2.45. The van der Waals surface area contributed by atoms with Crippen LogP contribution in [-0.2, 0) is 0 Å². The van der Waals surface area contributed by atoms with E-state index in [1.165, 1.54) is 32.1 Å². The largest absolute Gasteiger partial charge is 0.513 e. The molecule has 0 spiro atoms. The average molecular weight is 232 g/mol. The minimum atomic E-state index is 0.451. The van der Waals surface area contributed by atoms with Crippen LogP contribution in [0.2, 0.25) is 0 Å². The lowest BCUT2D eigenvalue weighted by molar-refractivity contribution is -0.00344. The summed E-state index contributed by atoms with van der Waals surface area (Å²) >= 11 is 0. The van der Waals surface area contributed by atoms with Crippen molar-refractivity contribution in [2.24, 2.45) is 23.2 Å². The van der Waals surface area contributed by atoms with Gasteiger partial charge in [-0.25, -0.2) is 0 Å². The smallest absolute Gasteiger partial charge is 0.0886 e. The number of fused-ring (bicyclic) bond motifs is 3. The molecule has 3 aliphatic rings. The van der Waals surface area contributed by atoms with Gasteiger partial charge in [0.05, 0.1) is 5.76 Å². The van der Waals surface area contributed by atoms with E-state index in [1.807, 2.05) is 0 Å². The van der Waals surface area contributed by atoms with Gasteiger partial charge in [0, 0.05) is 6.42 Å². The predicted octanol–water partition coefficient (Wildman–Crippen LogP) is 4.61. The molecule has 17 heavy (non-hydrogen) atoms. The summed E-state index contributed by atoms with van der Waals surface area (Å²) in [7, 11) is 0. The molecule has 0 aromatic rings. The molecule has 0 bridgehead atoms. The third-order valence-electron chi connectivity index (χ3n) is 5.73. The Labute approximate surface area is 105 Å². The van der Waals surface area contributed by atoms with Crippen LogP contribution in [-0.4, -0.2) is 5.11 Å². The van der Waals surface area contributed by atoms with E-state index in [-0.39, 0.29) is 0 Å². The fourth-order valence-corrected chi connectivity index (χ4v) is 4.63. The average Bonchev–Trinajstić information content (AvgIpc) is 2.30. The van der Waals surface area contributed by atoms with E-state index in [0.717, 1.165) is 18.3 Å². The second kappa shape index (κ2) is 3.90. The van der Waals surface area contributed by atoms with Crippen LogP contribution in [0.25, 0.3) is 0 Å². The number of hydrogen-bond donors (Lipinski definition) is 1. The van der Waals surface area contributed by atoms with Crippen LogP contribution in [0.3, 0.4) is 0 Å². The van der Waals surface area contributed by atoms with Crippen molar-refractivity contribution in [2.75, 3.05) is 0 Å². The molecule has 1 N–H and O–H groups in total. The predicted molar refractivity (Wildman–Crippen MR) is 70.7 cm³/mol. The highest BCUT2D eigenvalue weighted by Crippen LogP contribution is 2.57. The molecule has 3 rings (SSSR count). The van der Waals surface area contributed by atoms with E-state index in [0.29, 0.717) is 17.1 Å². The van der Waals surface area contributed by atoms with Crippen molar-refractivity contribution >= 4 is 0 Å². The number of rotatable bonds is 0. The van der Waals surface area contributed by atoms with Gasteiger partial charge >= 0.3 is 0 Å². The Morgan fingerprint density at radius 3 is 3.00 bits per heavy atom. The molecule has 0 heterocycles. The second-order valence-corrected chi connectivity index (χ2v) is 6.70. The number of aliphatic hydroxyl groups excluding tert-OH is 1. The highest BCUT2D eigenvalue weighted by Gasteiger charge is 2.48. The molecule has 0 aliphatic heterocycles. The zero-order valence-corrected chi connectivity index (χ0v) is 11.1. The summed E-state index contributed by atoms with van der Waals surface area (Å²) in [5.41, 5.74) is 2.05. The van der Waals surface area contributed by atoms with Gasteiger partial charge in [-0.3, -0.25) is 0 Å². The van der Waals surface area contributed by atoms with Crippen molar-refractivity contribution in [3.63, 3.8) is 0 Å². The van der Waals surface area contributed by atoms with Gasteiger partial charge in [-0.05, 0) is 68.3 Å². The molecule has 0 aromatic carbocycles. The third kappa shape index (κ3) is 1.75. The van der Waals surface area contributed by atoms with Crippen LogP contribution < -0.4 is 0 Å². The molecule has 0 unspecified atom stereocenters. The Morgan fingerprint density at radius 2 is 2.18 bits per heavy atom. The van der Waals surface area contributed by atoms with E-state index in [1.54, 1.807) is 5.57 Å². The van der Waals surface area contributed by atoms with Crippen molar-refractivity contribution < 1.29 is 5.11 Å². The van der Waals surface area contributed by atoms with Gasteiger partial charge in [0.25, 0.3) is 0 Å². The zero-order valence-electron chi connectivity index (χ0n) is 11.1. The van der Waals surface area contributed by atoms with Gasteiger partial charge in [-0.15, -0.1) is 0 Å². The molecule has 0 saturated heterocycles. The first kappa shape index (κ1) is 11.4. The SMILES string of the molecule is CC1=CC[C@H]2[C@@H](CC[C@@H]3C=C(O)CC[C@]32C)C1. The Hall–Kier alpha value is -0.720. The van der Waals surface area contributed by atoms with Gasteiger partial charge in [-0.2, -0.15) is 0 Å². The van der Waals surface area contributed by atoms with Crippen LogP contribution in [0, 0.1) is 23.2 Å². The maximum Gasteiger partial charge on any atom is 0.0886 e. The lowest BCUT2D eigenvalue weighted by atomic mass is 9.51. The zero-order chi connectivity index (χ0) is 12.0. The molecule has 1 fully saturated rings. The van der Waals surface area contributed by atoms with Crippen LogP contribution in [0.1, 0.15) is 52.4 Å². The molecular weight excluding hydrogens is 208 g/mol. The first-order valence-corrected chi connectivity index (χ1v) is 7.15. The summed E-state index contributed by atoms with van der Waals surface area (Å²) in [6.45, 7) is 4.77. The second-order valence-electron chi connectivity index (χ2n) is 6.70. The number of hydrogen-bond acceptors (Lipinski definition) is 1. The maximum absolute atomic E-state index is 9.75. The fraction of sp³-hybridized carbons (Fsp3) is 0.750. The van der Waals surface area contributed by atoms with Crippen molar-refractivity contribution in [1.29, 1.82) is 0 Å². The Morgan fingerprint density at radius 1 is 1.35 bits per heavy atom. The van der Waals surface area contributed by atoms with E-state index in [9.17, 15) is 5.11 Å². The Kier molecular flexibility index (Phi) is 2.61. The Balaban J connectivity index is 1.91. The minimum Gasteiger partial charge on any atom is -0.513 e. The minimum absolute atomic E-state index is 0.451. The van der Waals surface area contributed by atoms with Crippen LogP contribution in [0.5, 0.6) is 0 Å². The quantitative estimate of drug-likeness (QED) is 0.605. The van der Waals surface area contributed by atoms with Gasteiger partial charge < -0.3 is 5.11 Å². The van der Waals surface area contributed by atoms with Crippen molar-refractivity contribution in [1.82, 2.24) is 0 Å². The van der Waals surface area contributed by atoms with Crippen molar-refractivity contribution in [3.8, 4) is 0 Å². The fourth-order valence-electron chi connectivity index (χ4n) is 4.63. The highest BCUT2D eigenvalue weighted by atomic mass is 16.3. The van der Waals surface area contributed by atoms with Crippen LogP contribution in [0.15, 0.2) is 23.5 Å². The van der Waals surface area contributed by atoms with Gasteiger partial charge in [0.1, 0.15) is 0 Å². The van der Waals surface area contributed by atoms with Crippen molar-refractivity contribution in [2.45, 2.75) is 52.4 Å². The topological polar surface area (TPSA) is 20.2 Å². The summed E-state index contributed by atoms with van der Waals surface area (Å²) < 4.78 is 0. The normalized spacial score (nSPS) is 45.4. The molecule has 1 saturated carbocycles. The summed E-state index contributed by atoms with van der Waals surface area (Å²) in [6.07, 6.45) is 12.0. The van der Waals surface area contributed by atoms with Crippen molar-refractivity contribution in [3.05, 3.63) is 23.5 Å². The van der Waals surface area contributed by atoms with Crippen LogP contribution >= 0.6 is 0 Å². The molecule has 94 valence electrons. The molecule has 3 aliphatic carbocycles. The third-order valence-corrected chi connectivity index (χ3v) is 5.73. The standard InChI is InChI=1S/C16H24O/c1-11-3-6-15-12(9-11)4-5-13-10-14(17)7-8-16(13,15)2/h3,10,12-13,15,17H,4-9H2,1-2H3/t12-,13+,15-,16+/m0/s1. The molecule has 0 aromatic heterocycles. The first-order valence-electron chi connectivity index (χ1n) is 7.15. The molecule has 1 heteroatoms. The lowest BCUT2D eigenvalue weighted by Gasteiger charge is -2.53. The van der Waals surface area contributed by atoms with Gasteiger partial charge in [0.2, 0.25) is 0 Å². The molecule has 4 atom stereocenters. The summed E-state index contributed by atoms with van der Waals surface area (Å²) in [5, 5.41) is 9.75. The summed E-state index contributed by atoms with van der Waals surface area (Å²) in [4.78, 5) is 0. The van der Waals surface area contributed by atoms with E-state index in [4.69, 9.17) is 0 Å². The maximum atomic E-state index is 9.75. The van der Waals surface area contributed by atoms with E-state index < -0.39 is 0 Å². The molecule has 1 nitrogen and oxygen atoms in total. The molecule has 0 amide bonds. The molecule has 0 radical (unpaired) electrons. The highest BCUT2D eigenvalue weighted by molar-refractivity contribution is 5.16. The van der Waals surface area contributed by atoms with Gasteiger partial charge in [0.15, 0.2) is 0 Å². The van der Waals surface area contributed by atoms with Gasteiger partial charge in [-0.1, -0.05) is 18.6 Å². The first-order chi connectivity index (χ1) is 8.09. The van der Waals surface area contributed by atoms with E-state index >= 15 is 0 Å². The Bertz CT molecular complexity index is 379.